The Hall–Kier alpha value is -2.72. The molecule has 0 aromatic carbocycles. The second kappa shape index (κ2) is 8.44. The number of dihydropyridines is 1. The van der Waals surface area contributed by atoms with Gasteiger partial charge >= 0.3 is 6.18 Å². The summed E-state index contributed by atoms with van der Waals surface area (Å²) in [5.41, 5.74) is -0.798. The first-order valence-electron chi connectivity index (χ1n) is 12.1. The zero-order valence-electron chi connectivity index (χ0n) is 19.9. The molecule has 35 heavy (non-hydrogen) atoms. The van der Waals surface area contributed by atoms with E-state index in [9.17, 15) is 23.1 Å². The Kier molecular flexibility index (Phi) is 5.79. The quantitative estimate of drug-likeness (QED) is 0.471. The van der Waals surface area contributed by atoms with Gasteiger partial charge in [-0.15, -0.1) is 0 Å². The van der Waals surface area contributed by atoms with Crippen LogP contribution < -0.4 is 16.0 Å². The number of piperidine rings is 1. The van der Waals surface area contributed by atoms with Gasteiger partial charge in [-0.1, -0.05) is 12.2 Å². The predicted octanol–water partition coefficient (Wildman–Crippen LogP) is 2.58. The number of halogens is 3. The van der Waals surface area contributed by atoms with E-state index in [-0.39, 0.29) is 16.9 Å². The highest BCUT2D eigenvalue weighted by molar-refractivity contribution is 5.95. The van der Waals surface area contributed by atoms with Gasteiger partial charge in [-0.3, -0.25) is 10.1 Å². The van der Waals surface area contributed by atoms with Crippen LogP contribution in [0.5, 0.6) is 0 Å². The van der Waals surface area contributed by atoms with E-state index in [1.54, 1.807) is 25.3 Å². The van der Waals surface area contributed by atoms with E-state index in [0.717, 1.165) is 25.9 Å². The third-order valence-corrected chi connectivity index (χ3v) is 7.82. The molecule has 0 amide bonds. The van der Waals surface area contributed by atoms with Crippen molar-refractivity contribution in [1.29, 1.82) is 0 Å². The lowest BCUT2D eigenvalue weighted by Crippen LogP contribution is -2.65. The molecule has 1 aliphatic carbocycles. The van der Waals surface area contributed by atoms with E-state index in [0.29, 0.717) is 11.2 Å². The number of nitrogens with one attached hydrogen (secondary N) is 3. The second-order valence-corrected chi connectivity index (χ2v) is 10.4. The van der Waals surface area contributed by atoms with E-state index in [1.165, 1.54) is 49.1 Å². The molecule has 3 unspecified atom stereocenters. The molecule has 1 spiro atoms. The van der Waals surface area contributed by atoms with Crippen molar-refractivity contribution in [3.05, 3.63) is 59.7 Å². The van der Waals surface area contributed by atoms with Gasteiger partial charge in [0.1, 0.15) is 24.2 Å². The summed E-state index contributed by atoms with van der Waals surface area (Å²) < 4.78 is 43.4. The summed E-state index contributed by atoms with van der Waals surface area (Å²) in [6.07, 6.45) is 8.87. The summed E-state index contributed by atoms with van der Waals surface area (Å²) in [5.74, 6) is 0.332. The van der Waals surface area contributed by atoms with Crippen LogP contribution in [0.15, 0.2) is 59.7 Å². The number of carbonyl (C=O) groups is 1. The number of Topliss-reactive ketones (excluding diaryl/α,β-unsaturated/α-hetero) is 1. The smallest absolute Gasteiger partial charge is 0.372 e. The maximum Gasteiger partial charge on any atom is 0.407 e. The third-order valence-electron chi connectivity index (χ3n) is 7.82. The lowest BCUT2D eigenvalue weighted by atomic mass is 9.92. The van der Waals surface area contributed by atoms with Crippen molar-refractivity contribution in [2.24, 2.45) is 5.41 Å². The number of hydrogen-bond donors (Lipinski definition) is 4. The zero-order valence-corrected chi connectivity index (χ0v) is 19.9. The average Bonchev–Trinajstić information content (AvgIpc) is 3.55. The minimum atomic E-state index is -4.65. The maximum absolute atomic E-state index is 14.5. The van der Waals surface area contributed by atoms with E-state index in [1.807, 2.05) is 0 Å². The molecule has 190 valence electrons. The fourth-order valence-electron chi connectivity index (χ4n) is 5.49. The fourth-order valence-corrected chi connectivity index (χ4v) is 5.49. The van der Waals surface area contributed by atoms with Crippen LogP contribution in [-0.2, 0) is 4.79 Å². The van der Waals surface area contributed by atoms with Crippen LogP contribution in [0, 0.1) is 5.41 Å². The van der Waals surface area contributed by atoms with Crippen LogP contribution in [0.25, 0.3) is 0 Å². The van der Waals surface area contributed by atoms with Gasteiger partial charge in [-0.05, 0) is 68.9 Å². The highest BCUT2D eigenvalue weighted by atomic mass is 19.4. The van der Waals surface area contributed by atoms with E-state index in [4.69, 9.17) is 0 Å². The van der Waals surface area contributed by atoms with Crippen molar-refractivity contribution in [3.8, 4) is 0 Å². The molecular formula is C25H32F3N5O2. The lowest BCUT2D eigenvalue weighted by Gasteiger charge is -2.51. The monoisotopic (exact) mass is 491 g/mol. The molecular weight excluding hydrogens is 459 g/mol. The minimum absolute atomic E-state index is 0.0146. The number of rotatable bonds is 5. The summed E-state index contributed by atoms with van der Waals surface area (Å²) in [7, 11) is 0. The molecule has 5 aliphatic rings. The van der Waals surface area contributed by atoms with Crippen LogP contribution in [0.3, 0.4) is 0 Å². The van der Waals surface area contributed by atoms with Crippen LogP contribution in [0.4, 0.5) is 13.2 Å². The molecule has 1 saturated carbocycles. The maximum atomic E-state index is 14.5. The highest BCUT2D eigenvalue weighted by Gasteiger charge is 2.51. The van der Waals surface area contributed by atoms with Crippen LogP contribution >= 0.6 is 0 Å². The molecule has 2 fully saturated rings. The molecule has 4 N–H and O–H groups in total. The molecule has 1 saturated heterocycles. The fraction of sp³-hybridized carbons (Fsp3) is 0.560. The summed E-state index contributed by atoms with van der Waals surface area (Å²) in [4.78, 5) is 15.7. The average molecular weight is 492 g/mol. The standard InChI is InChI=1S/C25H32F3N5O2/c1-16(34)17-5-3-11-29-21(17)31-20(25(26,27)28)18-6-4-12-33-22(18)30-19(15-23(33,2)35)32-13-9-24(7-8-24)10-14-32/h3-6,11-12,15,20-22,29-31,35H,7-10,13-14H2,1-2H3/t20-,21?,22?,23?/m0/s1. The number of likely N-dealkylation sites (tertiary alicyclic amines) is 1. The second-order valence-electron chi connectivity index (χ2n) is 10.4. The van der Waals surface area contributed by atoms with Gasteiger partial charge in [0.25, 0.3) is 0 Å². The molecule has 4 atom stereocenters. The Morgan fingerprint density at radius 1 is 1.20 bits per heavy atom. The SMILES string of the molecule is CC(=O)C1=CC=CNC1N[C@@H](C1=CC=CN2C1NC(N1CCC3(CC1)CC3)=CC2(C)O)C(F)(F)F. The summed E-state index contributed by atoms with van der Waals surface area (Å²) in [6, 6.07) is -2.06. The Labute approximate surface area is 203 Å². The van der Waals surface area contributed by atoms with Gasteiger partial charge in [0.05, 0.1) is 0 Å². The number of carbonyl (C=O) groups excluding carboxylic acids is 1. The van der Waals surface area contributed by atoms with Crippen molar-refractivity contribution in [2.75, 3.05) is 13.1 Å². The molecule has 7 nitrogen and oxygen atoms in total. The molecule has 0 radical (unpaired) electrons. The molecule has 0 aromatic rings. The number of hydrogen-bond acceptors (Lipinski definition) is 7. The Morgan fingerprint density at radius 2 is 1.91 bits per heavy atom. The first-order valence-corrected chi connectivity index (χ1v) is 12.1. The normalized spacial score (nSPS) is 32.1. The third kappa shape index (κ3) is 4.61. The summed E-state index contributed by atoms with van der Waals surface area (Å²) in [6.45, 7) is 4.53. The number of nitrogens with zero attached hydrogens (tertiary/aromatic N) is 2. The molecule has 5 rings (SSSR count). The Morgan fingerprint density at radius 3 is 2.54 bits per heavy atom. The van der Waals surface area contributed by atoms with Crippen molar-refractivity contribution < 1.29 is 23.1 Å². The van der Waals surface area contributed by atoms with Crippen LogP contribution in [-0.4, -0.2) is 64.1 Å². The minimum Gasteiger partial charge on any atom is -0.372 e. The lowest BCUT2D eigenvalue weighted by molar-refractivity contribution is -0.153. The van der Waals surface area contributed by atoms with Crippen LogP contribution in [0.2, 0.25) is 0 Å². The van der Waals surface area contributed by atoms with Gasteiger partial charge in [0.15, 0.2) is 11.5 Å². The van der Waals surface area contributed by atoms with E-state index >= 15 is 0 Å². The van der Waals surface area contributed by atoms with Gasteiger partial charge < -0.3 is 25.5 Å². The zero-order chi connectivity index (χ0) is 25.0. The number of alkyl halides is 3. The Bertz CT molecular complexity index is 1030. The number of fused-ring (bicyclic) bond motifs is 1. The first-order chi connectivity index (χ1) is 16.5. The molecule has 0 aromatic heterocycles. The predicted molar refractivity (Wildman–Crippen MR) is 125 cm³/mol. The Balaban J connectivity index is 1.42. The molecule has 0 bridgehead atoms. The van der Waals surface area contributed by atoms with E-state index < -0.39 is 30.3 Å². The van der Waals surface area contributed by atoms with Crippen molar-refractivity contribution in [1.82, 2.24) is 25.8 Å². The van der Waals surface area contributed by atoms with Crippen molar-refractivity contribution in [2.45, 2.75) is 69.8 Å². The molecule has 4 aliphatic heterocycles. The number of ketones is 1. The first kappa shape index (κ1) is 24.0. The van der Waals surface area contributed by atoms with Crippen LogP contribution in [0.1, 0.15) is 39.5 Å². The summed E-state index contributed by atoms with van der Waals surface area (Å²) >= 11 is 0. The number of aliphatic hydroxyl groups is 1. The van der Waals surface area contributed by atoms with Crippen molar-refractivity contribution >= 4 is 5.78 Å². The van der Waals surface area contributed by atoms with E-state index in [2.05, 4.69) is 20.9 Å². The molecule has 10 heteroatoms. The van der Waals surface area contributed by atoms with Gasteiger partial charge in [0, 0.05) is 30.9 Å². The van der Waals surface area contributed by atoms with Gasteiger partial charge in [-0.25, -0.2) is 0 Å². The molecule has 4 heterocycles. The topological polar surface area (TPSA) is 79.9 Å². The number of allylic oxidation sites excluding steroid dienone is 4. The largest absolute Gasteiger partial charge is 0.407 e. The van der Waals surface area contributed by atoms with Crippen molar-refractivity contribution in [3.63, 3.8) is 0 Å². The van der Waals surface area contributed by atoms with Gasteiger partial charge in [0.2, 0.25) is 0 Å². The highest BCUT2D eigenvalue weighted by Crippen LogP contribution is 2.54. The van der Waals surface area contributed by atoms with Gasteiger partial charge in [-0.2, -0.15) is 13.2 Å². The summed E-state index contributed by atoms with van der Waals surface area (Å²) in [5, 5.41) is 20.0.